The van der Waals surface area contributed by atoms with Gasteiger partial charge in [-0.05, 0) is 17.9 Å². The Hall–Kier alpha value is -1.69. The first-order valence-electron chi connectivity index (χ1n) is 5.39. The highest BCUT2D eigenvalue weighted by atomic mass is 16.6. The van der Waals surface area contributed by atoms with E-state index in [1.807, 2.05) is 13.8 Å². The Balaban J connectivity index is 2.72. The van der Waals surface area contributed by atoms with Crippen molar-refractivity contribution in [2.24, 2.45) is 5.41 Å². The number of nitrogens with zero attached hydrogens (tertiary/aromatic N) is 2. The Morgan fingerprint density at radius 2 is 2.29 bits per heavy atom. The molecule has 2 N–H and O–H groups in total. The lowest BCUT2D eigenvalue weighted by atomic mass is 9.89. The number of aromatic nitrogens is 1. The summed E-state index contributed by atoms with van der Waals surface area (Å²) in [6, 6.07) is 1.58. The topological polar surface area (TPSA) is 88.3 Å². The maximum atomic E-state index is 10.8. The number of anilines is 1. The van der Waals surface area contributed by atoms with Gasteiger partial charge in [0, 0.05) is 19.3 Å². The van der Waals surface area contributed by atoms with Crippen molar-refractivity contribution in [3.8, 4) is 0 Å². The molecule has 0 aliphatic carbocycles. The molecule has 6 nitrogen and oxygen atoms in total. The van der Waals surface area contributed by atoms with Gasteiger partial charge in [-0.2, -0.15) is 0 Å². The summed E-state index contributed by atoms with van der Waals surface area (Å²) in [4.78, 5) is 14.0. The summed E-state index contributed by atoms with van der Waals surface area (Å²) in [6.07, 6.45) is 3.37. The van der Waals surface area contributed by atoms with Crippen molar-refractivity contribution in [2.45, 2.75) is 20.3 Å². The minimum absolute atomic E-state index is 0.0349. The maximum absolute atomic E-state index is 10.8. The summed E-state index contributed by atoms with van der Waals surface area (Å²) in [5, 5.41) is 22.7. The molecule has 0 amide bonds. The lowest BCUT2D eigenvalue weighted by Crippen LogP contribution is -2.24. The fraction of sp³-hybridized carbons (Fsp3) is 0.545. The van der Waals surface area contributed by atoms with Crippen molar-refractivity contribution in [2.75, 3.05) is 18.5 Å². The number of aliphatic hydroxyl groups excluding tert-OH is 1. The number of nitro groups is 1. The highest BCUT2D eigenvalue weighted by Crippen LogP contribution is 2.25. The third-order valence-electron chi connectivity index (χ3n) is 2.54. The van der Waals surface area contributed by atoms with Gasteiger partial charge in [0.1, 0.15) is 11.9 Å². The van der Waals surface area contributed by atoms with Crippen LogP contribution >= 0.6 is 0 Å². The molecule has 6 heteroatoms. The maximum Gasteiger partial charge on any atom is 0.310 e. The van der Waals surface area contributed by atoms with Gasteiger partial charge in [-0.1, -0.05) is 13.8 Å². The monoisotopic (exact) mass is 239 g/mol. The van der Waals surface area contributed by atoms with E-state index in [2.05, 4.69) is 10.3 Å². The van der Waals surface area contributed by atoms with Crippen LogP contribution in [0.3, 0.4) is 0 Å². The van der Waals surface area contributed by atoms with Crippen LogP contribution in [0.4, 0.5) is 11.4 Å². The van der Waals surface area contributed by atoms with Crippen molar-refractivity contribution in [3.05, 3.63) is 28.6 Å². The van der Waals surface area contributed by atoms with E-state index in [-0.39, 0.29) is 17.7 Å². The third kappa shape index (κ3) is 3.99. The molecule has 0 fully saturated rings. The van der Waals surface area contributed by atoms with E-state index in [1.165, 1.54) is 12.4 Å². The van der Waals surface area contributed by atoms with Crippen molar-refractivity contribution < 1.29 is 10.0 Å². The summed E-state index contributed by atoms with van der Waals surface area (Å²) < 4.78 is 0. The third-order valence-corrected chi connectivity index (χ3v) is 2.54. The Bertz CT molecular complexity index is 393. The van der Waals surface area contributed by atoms with E-state index in [9.17, 15) is 10.1 Å². The second-order valence-electron chi connectivity index (χ2n) is 4.64. The smallest absolute Gasteiger partial charge is 0.310 e. The molecule has 0 aliphatic rings. The average molecular weight is 239 g/mol. The first-order chi connectivity index (χ1) is 7.96. The first-order valence-corrected chi connectivity index (χ1v) is 5.39. The zero-order chi connectivity index (χ0) is 12.9. The lowest BCUT2D eigenvalue weighted by molar-refractivity contribution is -0.384. The van der Waals surface area contributed by atoms with E-state index in [0.717, 1.165) is 0 Å². The Labute approximate surface area is 99.8 Å². The van der Waals surface area contributed by atoms with Gasteiger partial charge < -0.3 is 10.4 Å². The van der Waals surface area contributed by atoms with Gasteiger partial charge in [-0.3, -0.25) is 15.1 Å². The number of hydrogen-bond donors (Lipinski definition) is 2. The highest BCUT2D eigenvalue weighted by molar-refractivity contribution is 5.59. The Morgan fingerprint density at radius 3 is 2.88 bits per heavy atom. The average Bonchev–Trinajstić information content (AvgIpc) is 2.27. The molecule has 0 radical (unpaired) electrons. The van der Waals surface area contributed by atoms with Gasteiger partial charge in [0.05, 0.1) is 4.92 Å². The van der Waals surface area contributed by atoms with E-state index in [4.69, 9.17) is 5.11 Å². The van der Waals surface area contributed by atoms with Crippen molar-refractivity contribution in [1.29, 1.82) is 0 Å². The zero-order valence-electron chi connectivity index (χ0n) is 10.0. The largest absolute Gasteiger partial charge is 0.396 e. The molecule has 94 valence electrons. The number of pyridine rings is 1. The van der Waals surface area contributed by atoms with Gasteiger partial charge in [0.25, 0.3) is 0 Å². The number of aliphatic hydroxyl groups is 1. The summed E-state index contributed by atoms with van der Waals surface area (Å²) in [5.74, 6) is 0. The first kappa shape index (κ1) is 13.4. The molecule has 0 saturated carbocycles. The molecular formula is C11H17N3O3. The van der Waals surface area contributed by atoms with Gasteiger partial charge in [0.2, 0.25) is 0 Å². The standard InChI is InChI=1S/C11H17N3O3/c1-11(2,4-6-15)8-13-9-3-5-12-7-10(9)14(16)17/h3,5,7,15H,4,6,8H2,1-2H3,(H,12,13). The van der Waals surface area contributed by atoms with E-state index in [1.54, 1.807) is 6.07 Å². The van der Waals surface area contributed by atoms with Crippen LogP contribution in [0.1, 0.15) is 20.3 Å². The Kier molecular flexibility index (Phi) is 4.39. The fourth-order valence-corrected chi connectivity index (χ4v) is 1.41. The van der Waals surface area contributed by atoms with Crippen LogP contribution in [0.2, 0.25) is 0 Å². The van der Waals surface area contributed by atoms with Gasteiger partial charge in [0.15, 0.2) is 0 Å². The molecule has 0 unspecified atom stereocenters. The quantitative estimate of drug-likeness (QED) is 0.583. The summed E-state index contributed by atoms with van der Waals surface area (Å²) >= 11 is 0. The lowest BCUT2D eigenvalue weighted by Gasteiger charge is -2.24. The summed E-state index contributed by atoms with van der Waals surface area (Å²) in [7, 11) is 0. The van der Waals surface area contributed by atoms with Crippen molar-refractivity contribution in [3.63, 3.8) is 0 Å². The van der Waals surface area contributed by atoms with E-state index in [0.29, 0.717) is 18.7 Å². The zero-order valence-corrected chi connectivity index (χ0v) is 10.0. The van der Waals surface area contributed by atoms with Crippen LogP contribution in [0.15, 0.2) is 18.5 Å². The van der Waals surface area contributed by atoms with Crippen molar-refractivity contribution >= 4 is 11.4 Å². The number of rotatable bonds is 6. The highest BCUT2D eigenvalue weighted by Gasteiger charge is 2.19. The van der Waals surface area contributed by atoms with Crippen LogP contribution in [0.25, 0.3) is 0 Å². The molecule has 1 rings (SSSR count). The second-order valence-corrected chi connectivity index (χ2v) is 4.64. The normalized spacial score (nSPS) is 11.2. The molecular weight excluding hydrogens is 222 g/mol. The molecule has 17 heavy (non-hydrogen) atoms. The minimum atomic E-state index is -0.464. The van der Waals surface area contributed by atoms with Gasteiger partial charge >= 0.3 is 5.69 Å². The van der Waals surface area contributed by atoms with Crippen LogP contribution in [0.5, 0.6) is 0 Å². The summed E-state index contributed by atoms with van der Waals surface area (Å²) in [6.45, 7) is 4.64. The molecule has 1 heterocycles. The molecule has 0 atom stereocenters. The van der Waals surface area contributed by atoms with Crippen LogP contribution in [-0.2, 0) is 0 Å². The van der Waals surface area contributed by atoms with Crippen LogP contribution in [0, 0.1) is 15.5 Å². The predicted molar refractivity (Wildman–Crippen MR) is 64.9 cm³/mol. The summed E-state index contributed by atoms with van der Waals surface area (Å²) in [5.41, 5.74) is 0.301. The fourth-order valence-electron chi connectivity index (χ4n) is 1.41. The van der Waals surface area contributed by atoms with Gasteiger partial charge in [-0.25, -0.2) is 0 Å². The Morgan fingerprint density at radius 1 is 1.59 bits per heavy atom. The van der Waals surface area contributed by atoms with Crippen LogP contribution in [-0.4, -0.2) is 28.2 Å². The van der Waals surface area contributed by atoms with Gasteiger partial charge in [-0.15, -0.1) is 0 Å². The minimum Gasteiger partial charge on any atom is -0.396 e. The molecule has 1 aromatic heterocycles. The molecule has 0 bridgehead atoms. The predicted octanol–water partition coefficient (Wildman–Crippen LogP) is 1.81. The van der Waals surface area contributed by atoms with Crippen molar-refractivity contribution in [1.82, 2.24) is 4.98 Å². The second kappa shape index (κ2) is 5.58. The van der Waals surface area contributed by atoms with Crippen LogP contribution < -0.4 is 5.32 Å². The SMILES string of the molecule is CC(C)(CCO)CNc1ccncc1[N+](=O)[O-]. The van der Waals surface area contributed by atoms with E-state index >= 15 is 0 Å². The molecule has 0 aromatic carbocycles. The molecule has 0 spiro atoms. The van der Waals surface area contributed by atoms with E-state index < -0.39 is 4.92 Å². The number of hydrogen-bond acceptors (Lipinski definition) is 5. The molecule has 1 aromatic rings. The molecule has 0 saturated heterocycles. The number of nitrogens with one attached hydrogen (secondary N) is 1. The molecule has 0 aliphatic heterocycles.